The minimum absolute atomic E-state index is 0. The molecule has 1 aromatic carbocycles. The van der Waals surface area contributed by atoms with Gasteiger partial charge in [-0.2, -0.15) is 0 Å². The highest BCUT2D eigenvalue weighted by atomic mass is 35.5. The van der Waals surface area contributed by atoms with E-state index in [9.17, 15) is 8.78 Å². The molecule has 0 saturated carbocycles. The van der Waals surface area contributed by atoms with Gasteiger partial charge in [0.2, 0.25) is 0 Å². The summed E-state index contributed by atoms with van der Waals surface area (Å²) in [5.74, 6) is 0.317. The second kappa shape index (κ2) is 8.06. The van der Waals surface area contributed by atoms with Crippen molar-refractivity contribution in [2.24, 2.45) is 0 Å². The molecular formula is C19H17Cl2F2N5O. The largest absolute Gasteiger partial charge is 0.488 e. The predicted octanol–water partition coefficient (Wildman–Crippen LogP) is 3.62. The van der Waals surface area contributed by atoms with Crippen molar-refractivity contribution in [2.45, 2.75) is 5.67 Å². The van der Waals surface area contributed by atoms with Gasteiger partial charge in [0.1, 0.15) is 29.4 Å². The Hall–Kier alpha value is -2.55. The molecular weight excluding hydrogens is 423 g/mol. The van der Waals surface area contributed by atoms with Gasteiger partial charge in [0, 0.05) is 30.7 Å². The molecule has 5 rings (SSSR count). The average molecular weight is 440 g/mol. The van der Waals surface area contributed by atoms with Crippen molar-refractivity contribution in [1.29, 1.82) is 0 Å². The fourth-order valence-corrected chi connectivity index (χ4v) is 3.12. The fourth-order valence-electron chi connectivity index (χ4n) is 3.12. The summed E-state index contributed by atoms with van der Waals surface area (Å²) in [5.41, 5.74) is 0.289. The summed E-state index contributed by atoms with van der Waals surface area (Å²) >= 11 is 0. The van der Waals surface area contributed by atoms with Crippen LogP contribution >= 0.6 is 24.8 Å². The Bertz CT molecular complexity index is 1170. The van der Waals surface area contributed by atoms with Crippen molar-refractivity contribution in [3.8, 4) is 17.3 Å². The molecule has 1 fully saturated rings. The van der Waals surface area contributed by atoms with E-state index in [0.717, 1.165) is 0 Å². The number of nitrogens with one attached hydrogen (secondary N) is 1. The van der Waals surface area contributed by atoms with Crippen molar-refractivity contribution in [3.05, 3.63) is 54.5 Å². The molecule has 0 atom stereocenters. The number of benzene rings is 1. The number of halogens is 4. The molecule has 1 aliphatic heterocycles. The fraction of sp³-hybridized carbons (Fsp3) is 0.211. The zero-order valence-corrected chi connectivity index (χ0v) is 16.6. The smallest absolute Gasteiger partial charge is 0.187 e. The number of alkyl halides is 1. The molecule has 6 nitrogen and oxygen atoms in total. The molecule has 0 radical (unpaired) electrons. The molecule has 0 spiro atoms. The molecule has 0 unspecified atom stereocenters. The van der Waals surface area contributed by atoms with E-state index in [1.54, 1.807) is 12.1 Å². The number of ether oxygens (including phenoxy) is 1. The summed E-state index contributed by atoms with van der Waals surface area (Å²) in [7, 11) is 0. The van der Waals surface area contributed by atoms with E-state index >= 15 is 0 Å². The molecule has 1 saturated heterocycles. The van der Waals surface area contributed by atoms with Crippen molar-refractivity contribution in [3.63, 3.8) is 0 Å². The van der Waals surface area contributed by atoms with E-state index in [0.29, 0.717) is 28.1 Å². The number of aromatic nitrogens is 4. The van der Waals surface area contributed by atoms with Crippen LogP contribution in [0.4, 0.5) is 8.78 Å². The summed E-state index contributed by atoms with van der Waals surface area (Å²) in [6.07, 6.45) is 1.84. The number of hydrogen-bond donors (Lipinski definition) is 1. The molecule has 152 valence electrons. The van der Waals surface area contributed by atoms with E-state index in [1.165, 1.54) is 12.1 Å². The van der Waals surface area contributed by atoms with E-state index < -0.39 is 11.5 Å². The highest BCUT2D eigenvalue weighted by Gasteiger charge is 2.38. The number of nitrogens with zero attached hydrogens (tertiary/aromatic N) is 4. The molecule has 1 aliphatic rings. The van der Waals surface area contributed by atoms with Crippen molar-refractivity contribution < 1.29 is 13.5 Å². The maximum absolute atomic E-state index is 14.2. The first-order chi connectivity index (χ1) is 13.1. The van der Waals surface area contributed by atoms with Gasteiger partial charge < -0.3 is 10.1 Å². The summed E-state index contributed by atoms with van der Waals surface area (Å²) in [6.45, 7) is 0.299. The Kier molecular flexibility index (Phi) is 5.88. The first kappa shape index (κ1) is 21.2. The second-order valence-electron chi connectivity index (χ2n) is 6.67. The Labute approximate surface area is 177 Å². The van der Waals surface area contributed by atoms with Crippen LogP contribution in [0.5, 0.6) is 5.75 Å². The zero-order valence-electron chi connectivity index (χ0n) is 15.0. The minimum Gasteiger partial charge on any atom is -0.488 e. The SMILES string of the molecule is Cl.Cl.Fc1cc(OCC2(F)CNC2)c2nc(-c3nnc4ccccn34)ccc2c1. The van der Waals surface area contributed by atoms with Crippen LogP contribution in [0.2, 0.25) is 0 Å². The van der Waals surface area contributed by atoms with Gasteiger partial charge in [-0.25, -0.2) is 13.8 Å². The monoisotopic (exact) mass is 439 g/mol. The lowest BCUT2D eigenvalue weighted by Crippen LogP contribution is -2.59. The predicted molar refractivity (Wildman–Crippen MR) is 110 cm³/mol. The van der Waals surface area contributed by atoms with Gasteiger partial charge in [0.05, 0.1) is 0 Å². The van der Waals surface area contributed by atoms with Crippen LogP contribution in [-0.4, -0.2) is 44.9 Å². The van der Waals surface area contributed by atoms with Crippen molar-refractivity contribution in [1.82, 2.24) is 24.9 Å². The first-order valence-electron chi connectivity index (χ1n) is 8.54. The third kappa shape index (κ3) is 3.83. The van der Waals surface area contributed by atoms with Gasteiger partial charge in [0.15, 0.2) is 17.1 Å². The number of rotatable bonds is 4. The van der Waals surface area contributed by atoms with Gasteiger partial charge in [0.25, 0.3) is 0 Å². The van der Waals surface area contributed by atoms with Gasteiger partial charge in [-0.3, -0.25) is 4.40 Å². The summed E-state index contributed by atoms with van der Waals surface area (Å²) in [6, 6.07) is 11.7. The molecule has 0 amide bonds. The number of pyridine rings is 2. The summed E-state index contributed by atoms with van der Waals surface area (Å²) < 4.78 is 35.6. The minimum atomic E-state index is -1.43. The third-order valence-electron chi connectivity index (χ3n) is 4.64. The van der Waals surface area contributed by atoms with Crippen LogP contribution in [0.3, 0.4) is 0 Å². The standard InChI is InChI=1S/C19H15F2N5O.2ClH/c20-13-7-12-4-5-14(18-25-24-16-3-1-2-6-26(16)18)23-17(12)15(8-13)27-11-19(21)9-22-10-19;;/h1-8,22H,9-11H2;2*1H. The molecule has 3 aromatic heterocycles. The highest BCUT2D eigenvalue weighted by Crippen LogP contribution is 2.30. The van der Waals surface area contributed by atoms with Crippen molar-refractivity contribution in [2.75, 3.05) is 19.7 Å². The Morgan fingerprint density at radius 3 is 2.69 bits per heavy atom. The van der Waals surface area contributed by atoms with E-state index in [4.69, 9.17) is 4.74 Å². The Morgan fingerprint density at radius 1 is 1.10 bits per heavy atom. The molecule has 1 N–H and O–H groups in total. The quantitative estimate of drug-likeness (QED) is 0.525. The van der Waals surface area contributed by atoms with Crippen LogP contribution in [0.15, 0.2) is 48.7 Å². The third-order valence-corrected chi connectivity index (χ3v) is 4.64. The maximum Gasteiger partial charge on any atom is 0.187 e. The highest BCUT2D eigenvalue weighted by molar-refractivity contribution is 5.86. The summed E-state index contributed by atoms with van der Waals surface area (Å²) in [4.78, 5) is 4.60. The van der Waals surface area contributed by atoms with Gasteiger partial charge in [-0.15, -0.1) is 35.0 Å². The maximum atomic E-state index is 14.2. The average Bonchev–Trinajstić information content (AvgIpc) is 3.08. The van der Waals surface area contributed by atoms with Crippen LogP contribution in [0, 0.1) is 5.82 Å². The lowest BCUT2D eigenvalue weighted by molar-refractivity contribution is 0.0351. The van der Waals surface area contributed by atoms with E-state index in [2.05, 4.69) is 20.5 Å². The van der Waals surface area contributed by atoms with Crippen LogP contribution in [-0.2, 0) is 0 Å². The molecule has 10 heteroatoms. The van der Waals surface area contributed by atoms with Crippen LogP contribution in [0.1, 0.15) is 0 Å². The lowest BCUT2D eigenvalue weighted by atomic mass is 10.0. The second-order valence-corrected chi connectivity index (χ2v) is 6.67. The normalized spacial score (nSPS) is 14.7. The van der Waals surface area contributed by atoms with E-state index in [1.807, 2.05) is 28.8 Å². The number of hydrogen-bond acceptors (Lipinski definition) is 5. The molecule has 4 aromatic rings. The Balaban J connectivity index is 0.00000120. The van der Waals surface area contributed by atoms with Gasteiger partial charge in [-0.05, 0) is 24.3 Å². The summed E-state index contributed by atoms with van der Waals surface area (Å²) in [5, 5.41) is 11.8. The van der Waals surface area contributed by atoms with Crippen LogP contribution in [0.25, 0.3) is 28.1 Å². The first-order valence-corrected chi connectivity index (χ1v) is 8.54. The molecule has 0 aliphatic carbocycles. The van der Waals surface area contributed by atoms with Crippen molar-refractivity contribution >= 4 is 41.4 Å². The molecule has 4 heterocycles. The van der Waals surface area contributed by atoms with Gasteiger partial charge >= 0.3 is 0 Å². The topological polar surface area (TPSA) is 64.3 Å². The lowest BCUT2D eigenvalue weighted by Gasteiger charge is -2.34. The Morgan fingerprint density at radius 2 is 1.93 bits per heavy atom. The molecule has 29 heavy (non-hydrogen) atoms. The number of fused-ring (bicyclic) bond motifs is 2. The van der Waals surface area contributed by atoms with E-state index in [-0.39, 0.29) is 50.3 Å². The van der Waals surface area contributed by atoms with Crippen LogP contribution < -0.4 is 10.1 Å². The zero-order chi connectivity index (χ0) is 18.4. The van der Waals surface area contributed by atoms with Gasteiger partial charge in [-0.1, -0.05) is 12.1 Å². The molecule has 0 bridgehead atoms.